The van der Waals surface area contributed by atoms with Gasteiger partial charge in [-0.25, -0.2) is 4.99 Å². The summed E-state index contributed by atoms with van der Waals surface area (Å²) in [6.45, 7) is 0. The highest BCUT2D eigenvalue weighted by Gasteiger charge is 2.22. The first kappa shape index (κ1) is 15.7. The third kappa shape index (κ3) is 2.97. The van der Waals surface area contributed by atoms with Crippen molar-refractivity contribution in [2.24, 2.45) is 5.73 Å². The normalized spacial score (nSPS) is 19.1. The van der Waals surface area contributed by atoms with E-state index in [1.165, 1.54) is 12.8 Å². The molecule has 128 valence electrons. The van der Waals surface area contributed by atoms with Gasteiger partial charge in [-0.2, -0.15) is 0 Å². The van der Waals surface area contributed by atoms with Crippen LogP contribution in [0.5, 0.6) is 11.5 Å². The minimum atomic E-state index is -0.177. The van der Waals surface area contributed by atoms with E-state index in [4.69, 9.17) is 15.9 Å². The van der Waals surface area contributed by atoms with Crippen molar-refractivity contribution in [2.45, 2.75) is 37.8 Å². The van der Waals surface area contributed by atoms with E-state index in [1.807, 2.05) is 36.4 Å². The highest BCUT2D eigenvalue weighted by Crippen LogP contribution is 2.33. The van der Waals surface area contributed by atoms with Gasteiger partial charge in [-0.15, -0.1) is 0 Å². The third-order valence-corrected chi connectivity index (χ3v) is 4.98. The van der Waals surface area contributed by atoms with Gasteiger partial charge < -0.3 is 9.84 Å². The second-order valence-corrected chi connectivity index (χ2v) is 6.74. The lowest BCUT2D eigenvalue weighted by molar-refractivity contribution is -0.528. The molecule has 5 heteroatoms. The maximum Gasteiger partial charge on any atom is 0.270 e. The number of nitrogens with two attached hydrogens (primary N) is 2. The van der Waals surface area contributed by atoms with E-state index >= 15 is 0 Å². The zero-order chi connectivity index (χ0) is 17.4. The Morgan fingerprint density at radius 1 is 1.20 bits per heavy atom. The second kappa shape index (κ2) is 6.24. The molecule has 1 heterocycles. The van der Waals surface area contributed by atoms with Gasteiger partial charge in [0.05, 0.1) is 11.7 Å². The van der Waals surface area contributed by atoms with Gasteiger partial charge in [-0.3, -0.25) is 11.1 Å². The first-order valence-corrected chi connectivity index (χ1v) is 8.72. The van der Waals surface area contributed by atoms with E-state index in [9.17, 15) is 5.11 Å². The summed E-state index contributed by atoms with van der Waals surface area (Å²) in [6, 6.07) is 11.1. The maximum absolute atomic E-state index is 12.8. The Kier molecular flexibility index (Phi) is 3.92. The highest BCUT2D eigenvalue weighted by molar-refractivity contribution is 5.92. The zero-order valence-electron chi connectivity index (χ0n) is 14.0. The molecule has 4 rings (SSSR count). The Balaban J connectivity index is 1.67. The van der Waals surface area contributed by atoms with Crippen LogP contribution < -0.4 is 36.6 Å². The summed E-state index contributed by atoms with van der Waals surface area (Å²) in [4.78, 5) is 3.38. The van der Waals surface area contributed by atoms with Crippen LogP contribution in [0.3, 0.4) is 0 Å². The summed E-state index contributed by atoms with van der Waals surface area (Å²) in [7, 11) is 0. The average Bonchev–Trinajstić information content (AvgIpc) is 3.25. The van der Waals surface area contributed by atoms with E-state index in [1.54, 1.807) is 6.07 Å². The van der Waals surface area contributed by atoms with Crippen LogP contribution in [0.2, 0.25) is 0 Å². The Bertz CT molecular complexity index is 946. The second-order valence-electron chi connectivity index (χ2n) is 6.74. The predicted molar refractivity (Wildman–Crippen MR) is 92.0 cm³/mol. The van der Waals surface area contributed by atoms with Gasteiger partial charge >= 0.3 is 0 Å². The van der Waals surface area contributed by atoms with Crippen molar-refractivity contribution < 1.29 is 20.2 Å². The standard InChI is InChI=1S/C20H21N3O2/c21-20(22)12-8-9-16-13(10-12)11-17(23-16)15-6-3-7-18(19(15)24)25-14-4-1-2-5-14/h3,6-11,14,17,24H,1-2,4-5H2,(H3,21,22)/p+1. The van der Waals surface area contributed by atoms with Crippen molar-refractivity contribution in [1.82, 2.24) is 0 Å². The van der Waals surface area contributed by atoms with Crippen molar-refractivity contribution >= 4 is 11.9 Å². The monoisotopic (exact) mass is 336 g/mol. The maximum atomic E-state index is 12.8. The summed E-state index contributed by atoms with van der Waals surface area (Å²) in [5, 5.41) is 20.5. The van der Waals surface area contributed by atoms with Crippen molar-refractivity contribution in [3.63, 3.8) is 0 Å². The number of hydrogen-bond donors (Lipinski definition) is 3. The number of ether oxygens (including phenoxy) is 1. The summed E-state index contributed by atoms with van der Waals surface area (Å²) in [5.74, 6) is 0.702. The van der Waals surface area contributed by atoms with E-state index in [0.29, 0.717) is 11.3 Å². The van der Waals surface area contributed by atoms with Crippen molar-refractivity contribution in [3.8, 4) is 11.5 Å². The molecule has 1 aliphatic heterocycles. The first-order chi connectivity index (χ1) is 12.1. The molecule has 2 aliphatic rings. The average molecular weight is 336 g/mol. The fourth-order valence-corrected chi connectivity index (χ4v) is 3.62. The lowest BCUT2D eigenvalue weighted by Gasteiger charge is -2.22. The molecule has 0 spiro atoms. The van der Waals surface area contributed by atoms with Crippen LogP contribution in [-0.4, -0.2) is 11.9 Å². The molecule has 1 fully saturated rings. The Hall–Kier alpha value is -2.82. The third-order valence-electron chi connectivity index (χ3n) is 4.98. The SMILES string of the molecule is NC(=[NH2+])c1ccc2c(c1)=CC(c1cccc(OC3CCCC3)c1[O-])[NH+]=2. The topological polar surface area (TPSA) is 97.9 Å². The van der Waals surface area contributed by atoms with Crippen LogP contribution in [0.15, 0.2) is 36.4 Å². The number of rotatable bonds is 4. The van der Waals surface area contributed by atoms with Gasteiger partial charge in [0.15, 0.2) is 6.04 Å². The van der Waals surface area contributed by atoms with E-state index in [-0.39, 0.29) is 23.7 Å². The summed E-state index contributed by atoms with van der Waals surface area (Å²) >= 11 is 0. The molecule has 1 unspecified atom stereocenters. The lowest BCUT2D eigenvalue weighted by atomic mass is 10.1. The predicted octanol–water partition coefficient (Wildman–Crippen LogP) is -2.22. The number of hydrogen-bond acceptors (Lipinski definition) is 2. The smallest absolute Gasteiger partial charge is 0.270 e. The summed E-state index contributed by atoms with van der Waals surface area (Å²) in [5.41, 5.74) is 7.15. The molecular formula is C20H22N3O2+. The molecule has 1 saturated carbocycles. The van der Waals surface area contributed by atoms with E-state index in [0.717, 1.165) is 29.0 Å². The molecule has 2 aromatic rings. The number of amidine groups is 1. The molecule has 0 aromatic heterocycles. The number of fused-ring (bicyclic) bond motifs is 1. The van der Waals surface area contributed by atoms with Gasteiger partial charge in [0.2, 0.25) is 5.36 Å². The minimum Gasteiger partial charge on any atom is -0.870 e. The zero-order valence-corrected chi connectivity index (χ0v) is 14.0. The van der Waals surface area contributed by atoms with Gasteiger partial charge in [0.1, 0.15) is 5.75 Å². The minimum absolute atomic E-state index is 0.0407. The molecule has 1 atom stereocenters. The molecule has 2 aromatic carbocycles. The molecule has 0 saturated heterocycles. The Labute approximate surface area is 146 Å². The van der Waals surface area contributed by atoms with Crippen LogP contribution in [-0.2, 0) is 0 Å². The van der Waals surface area contributed by atoms with Crippen LogP contribution in [0, 0.1) is 0 Å². The molecule has 25 heavy (non-hydrogen) atoms. The van der Waals surface area contributed by atoms with E-state index in [2.05, 4.69) is 4.99 Å². The fraction of sp³-hybridized carbons (Fsp3) is 0.300. The van der Waals surface area contributed by atoms with Gasteiger partial charge in [-0.1, -0.05) is 17.9 Å². The quantitative estimate of drug-likeness (QED) is 0.436. The number of nitrogens with one attached hydrogen (secondary N) is 1. The van der Waals surface area contributed by atoms with E-state index < -0.39 is 0 Å². The molecule has 0 amide bonds. The summed E-state index contributed by atoms with van der Waals surface area (Å²) < 4.78 is 5.94. The molecular weight excluding hydrogens is 314 g/mol. The number of benzene rings is 2. The Morgan fingerprint density at radius 3 is 2.76 bits per heavy atom. The van der Waals surface area contributed by atoms with Crippen molar-refractivity contribution in [1.29, 1.82) is 0 Å². The first-order valence-electron chi connectivity index (χ1n) is 8.72. The molecule has 0 bridgehead atoms. The fourth-order valence-electron chi connectivity index (χ4n) is 3.62. The van der Waals surface area contributed by atoms with Crippen LogP contribution in [0.4, 0.5) is 0 Å². The van der Waals surface area contributed by atoms with Crippen LogP contribution in [0.25, 0.3) is 6.08 Å². The van der Waals surface area contributed by atoms with Gasteiger partial charge in [-0.05, 0) is 43.9 Å². The Morgan fingerprint density at radius 2 is 2.00 bits per heavy atom. The molecule has 5 nitrogen and oxygen atoms in total. The van der Waals surface area contributed by atoms with Gasteiger partial charge in [0.25, 0.3) is 5.84 Å². The molecule has 0 radical (unpaired) electrons. The molecule has 5 N–H and O–H groups in total. The highest BCUT2D eigenvalue weighted by atomic mass is 16.5. The lowest BCUT2D eigenvalue weighted by Crippen LogP contribution is -2.76. The van der Waals surface area contributed by atoms with Crippen LogP contribution in [0.1, 0.15) is 42.9 Å². The van der Waals surface area contributed by atoms with Gasteiger partial charge in [0, 0.05) is 22.9 Å². The largest absolute Gasteiger partial charge is 0.870 e. The molecule has 1 aliphatic carbocycles. The summed E-state index contributed by atoms with van der Waals surface area (Å²) in [6.07, 6.45) is 6.61. The van der Waals surface area contributed by atoms with Crippen molar-refractivity contribution in [2.75, 3.05) is 0 Å². The van der Waals surface area contributed by atoms with Crippen molar-refractivity contribution in [3.05, 3.63) is 58.1 Å². The van der Waals surface area contributed by atoms with Crippen LogP contribution >= 0.6 is 0 Å². The number of para-hydroxylation sites is 1.